The highest BCUT2D eigenvalue weighted by Gasteiger charge is 2.08. The van der Waals surface area contributed by atoms with Crippen LogP contribution < -0.4 is 14.8 Å². The number of methoxy groups -OCH3 is 2. The van der Waals surface area contributed by atoms with Gasteiger partial charge in [0.1, 0.15) is 0 Å². The van der Waals surface area contributed by atoms with E-state index in [9.17, 15) is 4.79 Å². The van der Waals surface area contributed by atoms with Crippen molar-refractivity contribution in [2.75, 3.05) is 19.5 Å². The standard InChI is InChI=1S/C18H21NO3/c1-12-5-6-14(9-13(12)2)10-18(20)19-15-7-8-16(21-3)17(11-15)22-4/h5-9,11H,10H2,1-4H3,(H,19,20). The smallest absolute Gasteiger partial charge is 0.228 e. The number of nitrogens with one attached hydrogen (secondary N) is 1. The number of amides is 1. The fourth-order valence-electron chi connectivity index (χ4n) is 2.22. The molecule has 0 aliphatic rings. The monoisotopic (exact) mass is 299 g/mol. The second kappa shape index (κ2) is 6.98. The number of ether oxygens (including phenoxy) is 2. The minimum atomic E-state index is -0.0597. The van der Waals surface area contributed by atoms with Gasteiger partial charge in [-0.2, -0.15) is 0 Å². The summed E-state index contributed by atoms with van der Waals surface area (Å²) < 4.78 is 10.4. The molecule has 0 aliphatic carbocycles. The molecule has 116 valence electrons. The van der Waals surface area contributed by atoms with E-state index in [1.54, 1.807) is 32.4 Å². The van der Waals surface area contributed by atoms with E-state index >= 15 is 0 Å². The number of carbonyl (C=O) groups is 1. The highest BCUT2D eigenvalue weighted by atomic mass is 16.5. The molecular weight excluding hydrogens is 278 g/mol. The lowest BCUT2D eigenvalue weighted by Crippen LogP contribution is -2.14. The van der Waals surface area contributed by atoms with Crippen LogP contribution in [0.3, 0.4) is 0 Å². The lowest BCUT2D eigenvalue weighted by molar-refractivity contribution is -0.115. The Labute approximate surface area is 131 Å². The molecule has 0 fully saturated rings. The summed E-state index contributed by atoms with van der Waals surface area (Å²) >= 11 is 0. The van der Waals surface area contributed by atoms with Gasteiger partial charge in [0.15, 0.2) is 11.5 Å². The van der Waals surface area contributed by atoms with Crippen molar-refractivity contribution in [2.24, 2.45) is 0 Å². The first-order valence-electron chi connectivity index (χ1n) is 7.11. The largest absolute Gasteiger partial charge is 0.493 e. The topological polar surface area (TPSA) is 47.6 Å². The van der Waals surface area contributed by atoms with Crippen molar-refractivity contribution in [1.82, 2.24) is 0 Å². The lowest BCUT2D eigenvalue weighted by atomic mass is 10.0. The zero-order valence-electron chi connectivity index (χ0n) is 13.4. The van der Waals surface area contributed by atoms with E-state index < -0.39 is 0 Å². The van der Waals surface area contributed by atoms with Crippen molar-refractivity contribution >= 4 is 11.6 Å². The van der Waals surface area contributed by atoms with E-state index in [-0.39, 0.29) is 5.91 Å². The fourth-order valence-corrected chi connectivity index (χ4v) is 2.22. The summed E-state index contributed by atoms with van der Waals surface area (Å²) in [5, 5.41) is 2.88. The molecule has 4 nitrogen and oxygen atoms in total. The predicted molar refractivity (Wildman–Crippen MR) is 87.8 cm³/mol. The number of anilines is 1. The van der Waals surface area contributed by atoms with Crippen LogP contribution in [0.5, 0.6) is 11.5 Å². The zero-order chi connectivity index (χ0) is 16.1. The Bertz CT molecular complexity index is 680. The van der Waals surface area contributed by atoms with Gasteiger partial charge in [-0.15, -0.1) is 0 Å². The van der Waals surface area contributed by atoms with Crippen LogP contribution in [0.15, 0.2) is 36.4 Å². The Morgan fingerprint density at radius 1 is 0.955 bits per heavy atom. The van der Waals surface area contributed by atoms with Crippen LogP contribution in [-0.4, -0.2) is 20.1 Å². The van der Waals surface area contributed by atoms with Crippen molar-refractivity contribution in [1.29, 1.82) is 0 Å². The molecule has 0 saturated carbocycles. The average Bonchev–Trinajstić information content (AvgIpc) is 2.50. The van der Waals surface area contributed by atoms with Crippen molar-refractivity contribution in [3.63, 3.8) is 0 Å². The number of carbonyl (C=O) groups excluding carboxylic acids is 1. The normalized spacial score (nSPS) is 10.2. The van der Waals surface area contributed by atoms with E-state index in [1.807, 2.05) is 25.1 Å². The van der Waals surface area contributed by atoms with Gasteiger partial charge in [0.25, 0.3) is 0 Å². The van der Waals surface area contributed by atoms with Crippen LogP contribution in [-0.2, 0) is 11.2 Å². The predicted octanol–water partition coefficient (Wildman–Crippen LogP) is 3.50. The third-order valence-corrected chi connectivity index (χ3v) is 3.60. The van der Waals surface area contributed by atoms with E-state index in [0.29, 0.717) is 23.6 Å². The van der Waals surface area contributed by atoms with Crippen molar-refractivity contribution < 1.29 is 14.3 Å². The summed E-state index contributed by atoms with van der Waals surface area (Å²) in [6.45, 7) is 4.11. The van der Waals surface area contributed by atoms with Gasteiger partial charge in [-0.25, -0.2) is 0 Å². The molecule has 0 unspecified atom stereocenters. The van der Waals surface area contributed by atoms with E-state index in [0.717, 1.165) is 5.56 Å². The van der Waals surface area contributed by atoms with Crippen LogP contribution in [0.2, 0.25) is 0 Å². The molecule has 0 atom stereocenters. The summed E-state index contributed by atoms with van der Waals surface area (Å²) in [6.07, 6.45) is 0.343. The number of aryl methyl sites for hydroxylation is 2. The highest BCUT2D eigenvalue weighted by Crippen LogP contribution is 2.29. The van der Waals surface area contributed by atoms with E-state index in [4.69, 9.17) is 9.47 Å². The summed E-state index contributed by atoms with van der Waals surface area (Å²) in [4.78, 5) is 12.1. The average molecular weight is 299 g/mol. The van der Waals surface area contributed by atoms with Crippen molar-refractivity contribution in [2.45, 2.75) is 20.3 Å². The van der Waals surface area contributed by atoms with Crippen LogP contribution in [0.4, 0.5) is 5.69 Å². The van der Waals surface area contributed by atoms with E-state index in [1.165, 1.54) is 11.1 Å². The lowest BCUT2D eigenvalue weighted by Gasteiger charge is -2.11. The minimum absolute atomic E-state index is 0.0597. The number of benzene rings is 2. The third-order valence-electron chi connectivity index (χ3n) is 3.60. The molecular formula is C18H21NO3. The first-order valence-corrected chi connectivity index (χ1v) is 7.11. The molecule has 0 saturated heterocycles. The SMILES string of the molecule is COc1ccc(NC(=O)Cc2ccc(C)c(C)c2)cc1OC. The number of hydrogen-bond acceptors (Lipinski definition) is 3. The molecule has 4 heteroatoms. The molecule has 0 aliphatic heterocycles. The molecule has 1 N–H and O–H groups in total. The second-order valence-corrected chi connectivity index (χ2v) is 5.21. The number of hydrogen-bond donors (Lipinski definition) is 1. The Balaban J connectivity index is 2.07. The molecule has 1 amide bonds. The van der Waals surface area contributed by atoms with Crippen LogP contribution in [0.25, 0.3) is 0 Å². The second-order valence-electron chi connectivity index (χ2n) is 5.21. The maximum Gasteiger partial charge on any atom is 0.228 e. The van der Waals surface area contributed by atoms with Crippen LogP contribution >= 0.6 is 0 Å². The van der Waals surface area contributed by atoms with Gasteiger partial charge in [0.2, 0.25) is 5.91 Å². The van der Waals surface area contributed by atoms with Gasteiger partial charge < -0.3 is 14.8 Å². The molecule has 22 heavy (non-hydrogen) atoms. The first-order chi connectivity index (χ1) is 10.5. The molecule has 2 aromatic rings. The molecule has 2 aromatic carbocycles. The fraction of sp³-hybridized carbons (Fsp3) is 0.278. The Morgan fingerprint density at radius 2 is 1.68 bits per heavy atom. The summed E-state index contributed by atoms with van der Waals surface area (Å²) in [7, 11) is 3.15. The summed E-state index contributed by atoms with van der Waals surface area (Å²) in [5.41, 5.74) is 4.10. The molecule has 0 aromatic heterocycles. The summed E-state index contributed by atoms with van der Waals surface area (Å²) in [6, 6.07) is 11.4. The Morgan fingerprint density at radius 3 is 2.32 bits per heavy atom. The maximum atomic E-state index is 12.1. The van der Waals surface area contributed by atoms with Gasteiger partial charge in [-0.1, -0.05) is 18.2 Å². The number of rotatable bonds is 5. The van der Waals surface area contributed by atoms with Gasteiger partial charge >= 0.3 is 0 Å². The molecule has 0 radical (unpaired) electrons. The minimum Gasteiger partial charge on any atom is -0.493 e. The maximum absolute atomic E-state index is 12.1. The van der Waals surface area contributed by atoms with Gasteiger partial charge in [-0.3, -0.25) is 4.79 Å². The zero-order valence-corrected chi connectivity index (χ0v) is 13.4. The van der Waals surface area contributed by atoms with Gasteiger partial charge in [-0.05, 0) is 42.7 Å². The molecule has 2 rings (SSSR count). The first kappa shape index (κ1) is 15.9. The summed E-state index contributed by atoms with van der Waals surface area (Å²) in [5.74, 6) is 1.16. The quantitative estimate of drug-likeness (QED) is 0.919. The Kier molecular flexibility index (Phi) is 5.04. The highest BCUT2D eigenvalue weighted by molar-refractivity contribution is 5.92. The van der Waals surface area contributed by atoms with Gasteiger partial charge in [0, 0.05) is 11.8 Å². The molecule has 0 bridgehead atoms. The van der Waals surface area contributed by atoms with Crippen LogP contribution in [0.1, 0.15) is 16.7 Å². The third kappa shape index (κ3) is 3.79. The van der Waals surface area contributed by atoms with Crippen LogP contribution in [0, 0.1) is 13.8 Å². The van der Waals surface area contributed by atoms with Gasteiger partial charge in [0.05, 0.1) is 20.6 Å². The van der Waals surface area contributed by atoms with Crippen molar-refractivity contribution in [3.8, 4) is 11.5 Å². The van der Waals surface area contributed by atoms with Crippen molar-refractivity contribution in [3.05, 3.63) is 53.1 Å². The molecule has 0 spiro atoms. The molecule has 0 heterocycles. The van der Waals surface area contributed by atoms with E-state index in [2.05, 4.69) is 12.2 Å². The Hall–Kier alpha value is -2.49.